The van der Waals surface area contributed by atoms with E-state index in [0.29, 0.717) is 10.9 Å². The van der Waals surface area contributed by atoms with Crippen LogP contribution in [0, 0.1) is 0 Å². The highest BCUT2D eigenvalue weighted by atomic mass is 32.2. The summed E-state index contributed by atoms with van der Waals surface area (Å²) in [7, 11) is -2.35. The summed E-state index contributed by atoms with van der Waals surface area (Å²) in [5, 5.41) is 11.7. The van der Waals surface area contributed by atoms with Crippen LogP contribution >= 0.6 is 11.3 Å². The molecular weight excluding hydrogens is 376 g/mol. The first-order valence-electron chi connectivity index (χ1n) is 7.84. The van der Waals surface area contributed by atoms with Crippen LogP contribution in [0.4, 0.5) is 5.13 Å². The zero-order valence-corrected chi connectivity index (χ0v) is 16.9. The lowest BCUT2D eigenvalue weighted by Crippen LogP contribution is -2.41. The predicted molar refractivity (Wildman–Crippen MR) is 100 cm³/mol. The number of hydrogen-bond acceptors (Lipinski definition) is 7. The molecule has 0 fully saturated rings. The second-order valence-electron chi connectivity index (χ2n) is 6.67. The number of rotatable bonds is 6. The van der Waals surface area contributed by atoms with Crippen LogP contribution in [0.2, 0.25) is 0 Å². The van der Waals surface area contributed by atoms with Crippen molar-refractivity contribution >= 4 is 32.4 Å². The molecule has 142 valence electrons. The summed E-state index contributed by atoms with van der Waals surface area (Å²) < 4.78 is 32.1. The maximum absolute atomic E-state index is 12.4. The van der Waals surface area contributed by atoms with Gasteiger partial charge in [-0.25, -0.2) is 8.42 Å². The van der Waals surface area contributed by atoms with Gasteiger partial charge in [-0.3, -0.25) is 10.1 Å². The highest BCUT2D eigenvalue weighted by molar-refractivity contribution is 7.89. The third-order valence-corrected chi connectivity index (χ3v) is 6.21. The highest BCUT2D eigenvalue weighted by Gasteiger charge is 2.24. The Morgan fingerprint density at radius 3 is 2.31 bits per heavy atom. The molecule has 0 bridgehead atoms. The van der Waals surface area contributed by atoms with Gasteiger partial charge in [-0.05, 0) is 31.2 Å². The second-order valence-corrected chi connectivity index (χ2v) is 9.36. The molecule has 1 aromatic heterocycles. The Morgan fingerprint density at radius 1 is 1.19 bits per heavy atom. The van der Waals surface area contributed by atoms with Gasteiger partial charge in [0.2, 0.25) is 21.1 Å². The van der Waals surface area contributed by atoms with Crippen molar-refractivity contribution in [1.29, 1.82) is 0 Å². The number of anilines is 1. The van der Waals surface area contributed by atoms with Gasteiger partial charge in [-0.15, -0.1) is 10.2 Å². The molecule has 0 aliphatic heterocycles. The zero-order chi connectivity index (χ0) is 19.5. The summed E-state index contributed by atoms with van der Waals surface area (Å²) >= 11 is 1.26. The van der Waals surface area contributed by atoms with E-state index in [1.165, 1.54) is 49.6 Å². The van der Waals surface area contributed by atoms with Crippen molar-refractivity contribution < 1.29 is 17.9 Å². The van der Waals surface area contributed by atoms with Crippen LogP contribution in [0.1, 0.15) is 32.7 Å². The van der Waals surface area contributed by atoms with Crippen LogP contribution in [-0.4, -0.2) is 37.7 Å². The Bertz CT molecular complexity index is 870. The lowest BCUT2D eigenvalue weighted by molar-refractivity contribution is -0.117. The van der Waals surface area contributed by atoms with E-state index in [0.717, 1.165) is 5.01 Å². The van der Waals surface area contributed by atoms with Gasteiger partial charge >= 0.3 is 0 Å². The van der Waals surface area contributed by atoms with Crippen molar-refractivity contribution in [3.05, 3.63) is 29.3 Å². The van der Waals surface area contributed by atoms with Crippen LogP contribution in [0.5, 0.6) is 5.75 Å². The first-order chi connectivity index (χ1) is 12.0. The molecule has 10 heteroatoms. The van der Waals surface area contributed by atoms with E-state index < -0.39 is 22.0 Å². The number of nitrogens with zero attached hydrogens (tertiary/aromatic N) is 2. The number of amides is 1. The van der Waals surface area contributed by atoms with E-state index >= 15 is 0 Å². The minimum absolute atomic E-state index is 0.0453. The number of aromatic nitrogens is 2. The molecule has 1 heterocycles. The fourth-order valence-electron chi connectivity index (χ4n) is 1.90. The number of methoxy groups -OCH3 is 1. The van der Waals surface area contributed by atoms with Crippen molar-refractivity contribution in [3.8, 4) is 5.75 Å². The first kappa shape index (κ1) is 20.3. The fourth-order valence-corrected chi connectivity index (χ4v) is 3.91. The number of ether oxygens (including phenoxy) is 1. The minimum Gasteiger partial charge on any atom is -0.497 e. The van der Waals surface area contributed by atoms with Gasteiger partial charge in [0, 0.05) is 5.41 Å². The number of sulfonamides is 1. The maximum atomic E-state index is 12.4. The van der Waals surface area contributed by atoms with E-state index in [1.807, 2.05) is 20.8 Å². The molecule has 2 aromatic rings. The van der Waals surface area contributed by atoms with Crippen molar-refractivity contribution in [2.24, 2.45) is 0 Å². The molecule has 0 aliphatic carbocycles. The number of nitrogens with one attached hydrogen (secondary N) is 2. The smallest absolute Gasteiger partial charge is 0.244 e. The number of carbonyl (C=O) groups is 1. The van der Waals surface area contributed by atoms with Gasteiger partial charge in [0.15, 0.2) is 0 Å². The molecule has 8 nitrogen and oxygen atoms in total. The van der Waals surface area contributed by atoms with Crippen LogP contribution < -0.4 is 14.8 Å². The minimum atomic E-state index is -3.84. The quantitative estimate of drug-likeness (QED) is 0.771. The number of hydrogen-bond donors (Lipinski definition) is 2. The molecule has 0 radical (unpaired) electrons. The van der Waals surface area contributed by atoms with E-state index in [1.54, 1.807) is 0 Å². The van der Waals surface area contributed by atoms with Gasteiger partial charge in [0.05, 0.1) is 18.0 Å². The largest absolute Gasteiger partial charge is 0.497 e. The lowest BCUT2D eigenvalue weighted by atomic mass is 9.98. The van der Waals surface area contributed by atoms with Crippen molar-refractivity contribution in [1.82, 2.24) is 14.9 Å². The third kappa shape index (κ3) is 4.99. The fraction of sp³-hybridized carbons (Fsp3) is 0.438. The number of carbonyl (C=O) groups excluding carboxylic acids is 1. The van der Waals surface area contributed by atoms with E-state index in [4.69, 9.17) is 4.74 Å². The van der Waals surface area contributed by atoms with E-state index in [2.05, 4.69) is 20.2 Å². The Hall–Kier alpha value is -2.04. The molecule has 1 amide bonds. The predicted octanol–water partition coefficient (Wildman–Crippen LogP) is 2.15. The molecule has 2 rings (SSSR count). The normalized spacial score (nSPS) is 13.3. The molecule has 0 spiro atoms. The molecule has 2 N–H and O–H groups in total. The topological polar surface area (TPSA) is 110 Å². The second kappa shape index (κ2) is 7.68. The summed E-state index contributed by atoms with van der Waals surface area (Å²) in [5.74, 6) is 0.0272. The van der Waals surface area contributed by atoms with Crippen LogP contribution in [-0.2, 0) is 20.2 Å². The molecule has 26 heavy (non-hydrogen) atoms. The Labute approximate surface area is 157 Å². The summed E-state index contributed by atoms with van der Waals surface area (Å²) in [6.07, 6.45) is 0. The SMILES string of the molecule is COc1ccc(S(=O)(=O)N[C@@H](C)C(=O)Nc2nnc(C(C)(C)C)s2)cc1. The molecule has 0 unspecified atom stereocenters. The standard InChI is InChI=1S/C16H22N4O4S2/c1-10(13(21)17-15-19-18-14(25-15)16(2,3)4)20-26(22,23)12-8-6-11(24-5)7-9-12/h6-10,20H,1-5H3,(H,17,19,21)/t10-/m0/s1. The summed E-state index contributed by atoms with van der Waals surface area (Å²) in [5.41, 5.74) is -0.178. The average molecular weight is 399 g/mol. The highest BCUT2D eigenvalue weighted by Crippen LogP contribution is 2.27. The van der Waals surface area contributed by atoms with Crippen molar-refractivity contribution in [2.75, 3.05) is 12.4 Å². The first-order valence-corrected chi connectivity index (χ1v) is 10.1. The average Bonchev–Trinajstić information content (AvgIpc) is 3.03. The maximum Gasteiger partial charge on any atom is 0.244 e. The van der Waals surface area contributed by atoms with Gasteiger partial charge in [0.1, 0.15) is 10.8 Å². The van der Waals surface area contributed by atoms with Crippen LogP contribution in [0.15, 0.2) is 29.2 Å². The summed E-state index contributed by atoms with van der Waals surface area (Å²) in [6.45, 7) is 7.43. The van der Waals surface area contributed by atoms with Gasteiger partial charge in [-0.2, -0.15) is 4.72 Å². The Kier molecular flexibility index (Phi) is 5.99. The van der Waals surface area contributed by atoms with Gasteiger partial charge in [0.25, 0.3) is 0 Å². The lowest BCUT2D eigenvalue weighted by Gasteiger charge is -2.14. The van der Waals surface area contributed by atoms with Crippen molar-refractivity contribution in [3.63, 3.8) is 0 Å². The third-order valence-electron chi connectivity index (χ3n) is 3.39. The molecule has 0 saturated heterocycles. The number of benzene rings is 1. The van der Waals surface area contributed by atoms with Gasteiger partial charge < -0.3 is 4.74 Å². The van der Waals surface area contributed by atoms with E-state index in [9.17, 15) is 13.2 Å². The van der Waals surface area contributed by atoms with Crippen LogP contribution in [0.3, 0.4) is 0 Å². The molecule has 0 aliphatic rings. The van der Waals surface area contributed by atoms with Crippen LogP contribution in [0.25, 0.3) is 0 Å². The van der Waals surface area contributed by atoms with Gasteiger partial charge in [-0.1, -0.05) is 32.1 Å². The molecule has 0 saturated carbocycles. The van der Waals surface area contributed by atoms with Crippen molar-refractivity contribution in [2.45, 2.75) is 44.0 Å². The molecule has 1 atom stereocenters. The summed E-state index contributed by atoms with van der Waals surface area (Å²) in [6, 6.07) is 4.91. The zero-order valence-electron chi connectivity index (χ0n) is 15.2. The van der Waals surface area contributed by atoms with E-state index in [-0.39, 0.29) is 10.3 Å². The molecule has 1 aromatic carbocycles. The Balaban J connectivity index is 2.04. The molecular formula is C16H22N4O4S2. The summed E-state index contributed by atoms with van der Waals surface area (Å²) in [4.78, 5) is 12.3. The monoisotopic (exact) mass is 398 g/mol. The Morgan fingerprint density at radius 2 is 1.81 bits per heavy atom.